The molecular formula is C20H34F2O2. The van der Waals surface area contributed by atoms with Gasteiger partial charge in [-0.25, -0.2) is 8.78 Å². The van der Waals surface area contributed by atoms with Gasteiger partial charge in [0, 0.05) is 18.4 Å². The summed E-state index contributed by atoms with van der Waals surface area (Å²) in [5, 5.41) is 10.7. The number of unbranched alkanes of at least 4 members (excludes halogenated alkanes) is 1. The van der Waals surface area contributed by atoms with Gasteiger partial charge in [-0.15, -0.1) is 0 Å². The predicted octanol–water partition coefficient (Wildman–Crippen LogP) is 5.19. The van der Waals surface area contributed by atoms with Crippen LogP contribution in [0.1, 0.15) is 78.6 Å². The fourth-order valence-electron chi connectivity index (χ4n) is 5.79. The molecule has 4 aliphatic carbocycles. The zero-order valence-corrected chi connectivity index (χ0v) is 15.5. The number of aliphatic hydroxyl groups is 1. The van der Waals surface area contributed by atoms with Crippen LogP contribution in [0.3, 0.4) is 0 Å². The lowest BCUT2D eigenvalue weighted by Gasteiger charge is -2.60. The van der Waals surface area contributed by atoms with Crippen molar-refractivity contribution in [1.29, 1.82) is 0 Å². The van der Waals surface area contributed by atoms with E-state index in [0.29, 0.717) is 37.9 Å². The molecule has 2 atom stereocenters. The average Bonchev–Trinajstić information content (AvgIpc) is 2.38. The number of ether oxygens (including phenoxy) is 1. The molecule has 4 fully saturated rings. The first-order chi connectivity index (χ1) is 11.0. The highest BCUT2D eigenvalue weighted by Gasteiger charge is 2.57. The molecular weight excluding hydrogens is 310 g/mol. The summed E-state index contributed by atoms with van der Waals surface area (Å²) < 4.78 is 33.7. The van der Waals surface area contributed by atoms with Crippen molar-refractivity contribution < 1.29 is 18.6 Å². The van der Waals surface area contributed by atoms with Gasteiger partial charge in [0.1, 0.15) is 0 Å². The van der Waals surface area contributed by atoms with E-state index in [1.807, 2.05) is 0 Å². The van der Waals surface area contributed by atoms with E-state index in [-0.39, 0.29) is 11.8 Å². The van der Waals surface area contributed by atoms with Crippen molar-refractivity contribution >= 4 is 0 Å². The normalized spacial score (nSPS) is 38.8. The molecule has 0 aromatic rings. The van der Waals surface area contributed by atoms with E-state index in [1.54, 1.807) is 20.8 Å². The third-order valence-electron chi connectivity index (χ3n) is 6.69. The SMILES string of the molecule is CC(C)(C)C(F)(F)CCCCOCC12CC3CC(CC(O)(C3)C1)C2. The van der Waals surface area contributed by atoms with Crippen LogP contribution in [0.25, 0.3) is 0 Å². The zero-order valence-electron chi connectivity index (χ0n) is 15.5. The van der Waals surface area contributed by atoms with Gasteiger partial charge in [-0.1, -0.05) is 20.8 Å². The predicted molar refractivity (Wildman–Crippen MR) is 91.1 cm³/mol. The molecule has 0 amide bonds. The summed E-state index contributed by atoms with van der Waals surface area (Å²) in [4.78, 5) is 0. The van der Waals surface area contributed by atoms with Gasteiger partial charge in [-0.2, -0.15) is 0 Å². The molecule has 0 aromatic carbocycles. The van der Waals surface area contributed by atoms with Crippen molar-refractivity contribution in [2.75, 3.05) is 13.2 Å². The zero-order chi connectivity index (χ0) is 17.6. The molecule has 0 aromatic heterocycles. The molecule has 0 radical (unpaired) electrons. The molecule has 0 saturated heterocycles. The molecule has 2 nitrogen and oxygen atoms in total. The van der Waals surface area contributed by atoms with Crippen LogP contribution < -0.4 is 0 Å². The Kier molecular flexibility index (Phi) is 4.79. The summed E-state index contributed by atoms with van der Waals surface area (Å²) in [6, 6.07) is 0. The molecule has 0 heterocycles. The Labute approximate surface area is 145 Å². The van der Waals surface area contributed by atoms with E-state index in [1.165, 1.54) is 19.3 Å². The monoisotopic (exact) mass is 344 g/mol. The average molecular weight is 344 g/mol. The summed E-state index contributed by atoms with van der Waals surface area (Å²) in [7, 11) is 0. The smallest absolute Gasteiger partial charge is 0.252 e. The van der Waals surface area contributed by atoms with Gasteiger partial charge in [-0.05, 0) is 68.6 Å². The van der Waals surface area contributed by atoms with Crippen LogP contribution in [-0.4, -0.2) is 29.8 Å². The number of hydrogen-bond acceptors (Lipinski definition) is 2. The highest BCUT2D eigenvalue weighted by Crippen LogP contribution is 2.61. The Morgan fingerprint density at radius 1 is 1.04 bits per heavy atom. The Morgan fingerprint density at radius 3 is 2.21 bits per heavy atom. The maximum absolute atomic E-state index is 13.9. The number of alkyl halides is 2. The molecule has 4 heteroatoms. The van der Waals surface area contributed by atoms with Gasteiger partial charge in [0.15, 0.2) is 0 Å². The number of halogens is 2. The molecule has 4 bridgehead atoms. The van der Waals surface area contributed by atoms with E-state index >= 15 is 0 Å². The van der Waals surface area contributed by atoms with Gasteiger partial charge in [-0.3, -0.25) is 0 Å². The lowest BCUT2D eigenvalue weighted by atomic mass is 9.48. The first-order valence-corrected chi connectivity index (χ1v) is 9.71. The molecule has 4 saturated carbocycles. The van der Waals surface area contributed by atoms with Gasteiger partial charge < -0.3 is 9.84 Å². The van der Waals surface area contributed by atoms with E-state index in [0.717, 1.165) is 19.3 Å². The highest BCUT2D eigenvalue weighted by atomic mass is 19.3. The third kappa shape index (κ3) is 3.80. The largest absolute Gasteiger partial charge is 0.390 e. The van der Waals surface area contributed by atoms with Gasteiger partial charge in [0.25, 0.3) is 5.92 Å². The molecule has 2 unspecified atom stereocenters. The van der Waals surface area contributed by atoms with Crippen LogP contribution in [0.15, 0.2) is 0 Å². The lowest BCUT2D eigenvalue weighted by molar-refractivity contribution is -0.181. The third-order valence-corrected chi connectivity index (χ3v) is 6.69. The highest BCUT2D eigenvalue weighted by molar-refractivity contribution is 5.08. The minimum Gasteiger partial charge on any atom is -0.390 e. The first-order valence-electron chi connectivity index (χ1n) is 9.71. The van der Waals surface area contributed by atoms with Gasteiger partial charge in [0.2, 0.25) is 0 Å². The fraction of sp³-hybridized carbons (Fsp3) is 1.00. The van der Waals surface area contributed by atoms with Crippen LogP contribution in [0.4, 0.5) is 8.78 Å². The Balaban J connectivity index is 1.39. The summed E-state index contributed by atoms with van der Waals surface area (Å²) in [5.74, 6) is -1.27. The van der Waals surface area contributed by atoms with Crippen molar-refractivity contribution in [2.24, 2.45) is 22.7 Å². The fourth-order valence-corrected chi connectivity index (χ4v) is 5.79. The second-order valence-corrected chi connectivity index (χ2v) is 10.1. The molecule has 1 N–H and O–H groups in total. The van der Waals surface area contributed by atoms with Crippen LogP contribution in [-0.2, 0) is 4.74 Å². The standard InChI is InChI=1S/C20H34F2O2/c1-17(2,3)20(21,22)6-4-5-7-24-14-18-9-15-8-16(10-18)12-19(23,11-15)13-18/h15-16,23H,4-14H2,1-3H3. The van der Waals surface area contributed by atoms with Crippen LogP contribution in [0.2, 0.25) is 0 Å². The minimum atomic E-state index is -2.61. The maximum atomic E-state index is 13.9. The van der Waals surface area contributed by atoms with Crippen molar-refractivity contribution in [1.82, 2.24) is 0 Å². The second-order valence-electron chi connectivity index (χ2n) is 10.1. The minimum absolute atomic E-state index is 0.0606. The number of rotatable bonds is 7. The molecule has 4 aliphatic rings. The molecule has 140 valence electrons. The molecule has 4 rings (SSSR count). The number of hydrogen-bond donors (Lipinski definition) is 1. The van der Waals surface area contributed by atoms with Gasteiger partial charge in [0.05, 0.1) is 12.2 Å². The van der Waals surface area contributed by atoms with E-state index < -0.39 is 16.9 Å². The van der Waals surface area contributed by atoms with Crippen molar-refractivity contribution in [3.8, 4) is 0 Å². The molecule has 0 spiro atoms. The van der Waals surface area contributed by atoms with Crippen LogP contribution >= 0.6 is 0 Å². The Morgan fingerprint density at radius 2 is 1.67 bits per heavy atom. The second kappa shape index (κ2) is 6.19. The van der Waals surface area contributed by atoms with E-state index in [4.69, 9.17) is 4.74 Å². The summed E-state index contributed by atoms with van der Waals surface area (Å²) in [6.45, 7) is 6.07. The van der Waals surface area contributed by atoms with Crippen LogP contribution in [0.5, 0.6) is 0 Å². The Bertz CT molecular complexity index is 441. The lowest BCUT2D eigenvalue weighted by Crippen LogP contribution is -2.57. The van der Waals surface area contributed by atoms with E-state index in [9.17, 15) is 13.9 Å². The van der Waals surface area contributed by atoms with Crippen molar-refractivity contribution in [3.05, 3.63) is 0 Å². The maximum Gasteiger partial charge on any atom is 0.252 e. The summed E-state index contributed by atoms with van der Waals surface area (Å²) >= 11 is 0. The Hall–Kier alpha value is -0.220. The topological polar surface area (TPSA) is 29.5 Å². The molecule has 0 aliphatic heterocycles. The van der Waals surface area contributed by atoms with Gasteiger partial charge >= 0.3 is 0 Å². The quantitative estimate of drug-likeness (QED) is 0.644. The van der Waals surface area contributed by atoms with Crippen molar-refractivity contribution in [3.63, 3.8) is 0 Å². The van der Waals surface area contributed by atoms with Crippen molar-refractivity contribution in [2.45, 2.75) is 90.1 Å². The first kappa shape index (κ1) is 18.6. The summed E-state index contributed by atoms with van der Waals surface area (Å²) in [5.41, 5.74) is -1.25. The van der Waals surface area contributed by atoms with E-state index in [2.05, 4.69) is 0 Å². The summed E-state index contributed by atoms with van der Waals surface area (Å²) in [6.07, 6.45) is 7.64. The molecule has 24 heavy (non-hydrogen) atoms. The van der Waals surface area contributed by atoms with Crippen LogP contribution in [0, 0.1) is 22.7 Å².